The first-order chi connectivity index (χ1) is 12.8. The summed E-state index contributed by atoms with van der Waals surface area (Å²) in [6.45, 7) is 0. The van der Waals surface area contributed by atoms with E-state index in [1.165, 1.54) is 6.26 Å². The molecule has 0 spiro atoms. The molecular weight excluding hydrogens is 407 g/mol. The van der Waals surface area contributed by atoms with E-state index >= 15 is 0 Å². The number of hydrogen-bond acceptors (Lipinski definition) is 6. The number of alkyl halides is 3. The molecule has 7 nitrogen and oxygen atoms in total. The summed E-state index contributed by atoms with van der Waals surface area (Å²) in [7, 11) is 0. The predicted molar refractivity (Wildman–Crippen MR) is 93.7 cm³/mol. The Hall–Kier alpha value is -2.66. The van der Waals surface area contributed by atoms with Crippen LogP contribution in [0.15, 0.2) is 46.2 Å². The van der Waals surface area contributed by atoms with Crippen LogP contribution in [0.4, 0.5) is 18.9 Å². The number of nitrogen functional groups attached to an aromatic ring is 1. The van der Waals surface area contributed by atoms with Gasteiger partial charge in [0.2, 0.25) is 16.9 Å². The Morgan fingerprint density at radius 1 is 1.33 bits per heavy atom. The van der Waals surface area contributed by atoms with E-state index < -0.39 is 17.6 Å². The van der Waals surface area contributed by atoms with Crippen LogP contribution in [-0.2, 0) is 11.0 Å². The number of amides is 1. The summed E-state index contributed by atoms with van der Waals surface area (Å²) in [5.41, 5.74) is -1.05. The van der Waals surface area contributed by atoms with Crippen molar-refractivity contribution in [3.05, 3.63) is 47.2 Å². The fourth-order valence-electron chi connectivity index (χ4n) is 2.06. The van der Waals surface area contributed by atoms with Crippen LogP contribution in [0.2, 0.25) is 5.02 Å². The Labute approximate surface area is 159 Å². The lowest BCUT2D eigenvalue weighted by molar-refractivity contribution is -0.137. The summed E-state index contributed by atoms with van der Waals surface area (Å²) >= 11 is 6.80. The van der Waals surface area contributed by atoms with Crippen LogP contribution in [0.5, 0.6) is 0 Å². The third kappa shape index (κ3) is 4.37. The van der Waals surface area contributed by atoms with Crippen LogP contribution in [0.1, 0.15) is 5.56 Å². The monoisotopic (exact) mass is 417 g/mol. The molecule has 2 heterocycles. The topological polar surface area (TPSA) is 99.0 Å². The van der Waals surface area contributed by atoms with E-state index in [1.54, 1.807) is 12.1 Å². The molecule has 1 amide bonds. The van der Waals surface area contributed by atoms with Gasteiger partial charge in [0.05, 0.1) is 28.3 Å². The largest absolute Gasteiger partial charge is 0.461 e. The SMILES string of the molecule is Nn1c(SCC(=O)Nc2cc(C(F)(F)F)ccc2Cl)nnc1-c1ccco1. The molecule has 142 valence electrons. The van der Waals surface area contributed by atoms with Crippen molar-refractivity contribution in [3.8, 4) is 11.6 Å². The van der Waals surface area contributed by atoms with E-state index in [0.29, 0.717) is 5.76 Å². The number of rotatable bonds is 5. The van der Waals surface area contributed by atoms with Gasteiger partial charge in [-0.3, -0.25) is 4.79 Å². The Kier molecular flexibility index (Phi) is 5.33. The first-order valence-electron chi connectivity index (χ1n) is 7.29. The standard InChI is InChI=1S/C15H11ClF3N5O2S/c16-9-4-3-8(15(17,18)19)6-10(9)21-12(25)7-27-14-23-22-13(24(14)20)11-2-1-5-26-11/h1-6H,7,20H2,(H,21,25). The molecule has 0 aliphatic carbocycles. The molecule has 3 N–H and O–H groups in total. The van der Waals surface area contributed by atoms with Crippen LogP contribution >= 0.6 is 23.4 Å². The minimum atomic E-state index is -4.54. The maximum absolute atomic E-state index is 12.8. The Morgan fingerprint density at radius 3 is 2.78 bits per heavy atom. The fraction of sp³-hybridized carbons (Fsp3) is 0.133. The van der Waals surface area contributed by atoms with E-state index in [0.717, 1.165) is 34.6 Å². The van der Waals surface area contributed by atoms with Crippen LogP contribution < -0.4 is 11.2 Å². The molecule has 0 unspecified atom stereocenters. The lowest BCUT2D eigenvalue weighted by Crippen LogP contribution is -2.17. The van der Waals surface area contributed by atoms with E-state index in [9.17, 15) is 18.0 Å². The van der Waals surface area contributed by atoms with Gasteiger partial charge in [0.1, 0.15) is 0 Å². The molecule has 0 fully saturated rings. The molecule has 12 heteroatoms. The molecule has 0 atom stereocenters. The lowest BCUT2D eigenvalue weighted by atomic mass is 10.2. The normalized spacial score (nSPS) is 11.6. The highest BCUT2D eigenvalue weighted by Crippen LogP contribution is 2.34. The fourth-order valence-corrected chi connectivity index (χ4v) is 2.88. The quantitative estimate of drug-likeness (QED) is 0.485. The number of anilines is 1. The van der Waals surface area contributed by atoms with E-state index in [-0.39, 0.29) is 27.4 Å². The Balaban J connectivity index is 1.66. The average Bonchev–Trinajstić information content (AvgIpc) is 3.23. The van der Waals surface area contributed by atoms with Crippen LogP contribution in [0.25, 0.3) is 11.6 Å². The van der Waals surface area contributed by atoms with Gasteiger partial charge in [0, 0.05) is 0 Å². The molecule has 0 aliphatic heterocycles. The second-order valence-electron chi connectivity index (χ2n) is 5.18. The number of furan rings is 1. The number of thioether (sulfide) groups is 1. The molecule has 0 bridgehead atoms. The van der Waals surface area contributed by atoms with Gasteiger partial charge in [-0.15, -0.1) is 10.2 Å². The second-order valence-corrected chi connectivity index (χ2v) is 6.53. The number of nitrogens with two attached hydrogens (primary N) is 1. The van der Waals surface area contributed by atoms with E-state index in [4.69, 9.17) is 21.9 Å². The van der Waals surface area contributed by atoms with E-state index in [2.05, 4.69) is 15.5 Å². The van der Waals surface area contributed by atoms with Gasteiger partial charge in [-0.05, 0) is 30.3 Å². The first kappa shape index (κ1) is 19.1. The number of carbonyl (C=O) groups excluding carboxylic acids is 1. The zero-order valence-electron chi connectivity index (χ0n) is 13.3. The van der Waals surface area contributed by atoms with E-state index in [1.807, 2.05) is 0 Å². The Bertz CT molecular complexity index is 959. The summed E-state index contributed by atoms with van der Waals surface area (Å²) in [4.78, 5) is 12.1. The zero-order valence-corrected chi connectivity index (χ0v) is 14.9. The lowest BCUT2D eigenvalue weighted by Gasteiger charge is -2.11. The number of carbonyl (C=O) groups is 1. The third-order valence-electron chi connectivity index (χ3n) is 3.31. The molecule has 0 radical (unpaired) electrons. The number of benzene rings is 1. The van der Waals surface area contributed by atoms with Gasteiger partial charge in [0.25, 0.3) is 0 Å². The summed E-state index contributed by atoms with van der Waals surface area (Å²) < 4.78 is 44.6. The number of halogens is 4. The van der Waals surface area contributed by atoms with Gasteiger partial charge in [-0.25, -0.2) is 4.68 Å². The van der Waals surface area contributed by atoms with Crippen molar-refractivity contribution in [1.29, 1.82) is 0 Å². The first-order valence-corrected chi connectivity index (χ1v) is 8.66. The molecule has 2 aromatic heterocycles. The van der Waals surface area contributed by atoms with Gasteiger partial charge in [0.15, 0.2) is 5.76 Å². The van der Waals surface area contributed by atoms with Crippen molar-refractivity contribution in [2.45, 2.75) is 11.3 Å². The molecule has 0 saturated carbocycles. The molecule has 0 aliphatic rings. The zero-order chi connectivity index (χ0) is 19.6. The highest BCUT2D eigenvalue weighted by atomic mass is 35.5. The molecule has 1 aromatic carbocycles. The summed E-state index contributed by atoms with van der Waals surface area (Å²) in [5, 5.41) is 10.3. The number of nitrogens with one attached hydrogen (secondary N) is 1. The van der Waals surface area contributed by atoms with Crippen molar-refractivity contribution in [2.24, 2.45) is 0 Å². The van der Waals surface area contributed by atoms with Gasteiger partial charge < -0.3 is 15.6 Å². The maximum atomic E-state index is 12.8. The minimum Gasteiger partial charge on any atom is -0.461 e. The maximum Gasteiger partial charge on any atom is 0.416 e. The van der Waals surface area contributed by atoms with Crippen molar-refractivity contribution < 1.29 is 22.4 Å². The summed E-state index contributed by atoms with van der Waals surface area (Å²) in [6, 6.07) is 5.97. The molecular formula is C15H11ClF3N5O2S. The van der Waals surface area contributed by atoms with Crippen LogP contribution in [0.3, 0.4) is 0 Å². The van der Waals surface area contributed by atoms with Crippen molar-refractivity contribution >= 4 is 35.0 Å². The molecule has 3 rings (SSSR count). The number of aromatic nitrogens is 3. The third-order valence-corrected chi connectivity index (χ3v) is 4.58. The number of hydrogen-bond donors (Lipinski definition) is 2. The van der Waals surface area contributed by atoms with Gasteiger partial charge in [-0.1, -0.05) is 23.4 Å². The van der Waals surface area contributed by atoms with Gasteiger partial charge >= 0.3 is 6.18 Å². The highest BCUT2D eigenvalue weighted by Gasteiger charge is 2.31. The Morgan fingerprint density at radius 2 is 2.11 bits per heavy atom. The molecule has 0 saturated heterocycles. The smallest absolute Gasteiger partial charge is 0.416 e. The van der Waals surface area contributed by atoms with Crippen LogP contribution in [-0.4, -0.2) is 26.5 Å². The predicted octanol–water partition coefficient (Wildman–Crippen LogP) is 3.65. The molecule has 3 aromatic rings. The number of nitrogens with zero attached hydrogens (tertiary/aromatic N) is 3. The molecule has 27 heavy (non-hydrogen) atoms. The van der Waals surface area contributed by atoms with Crippen molar-refractivity contribution in [3.63, 3.8) is 0 Å². The van der Waals surface area contributed by atoms with Gasteiger partial charge in [-0.2, -0.15) is 13.2 Å². The van der Waals surface area contributed by atoms with Crippen molar-refractivity contribution in [1.82, 2.24) is 14.9 Å². The minimum absolute atomic E-state index is 0.0107. The van der Waals surface area contributed by atoms with Crippen molar-refractivity contribution in [2.75, 3.05) is 16.9 Å². The van der Waals surface area contributed by atoms with Crippen LogP contribution in [0, 0.1) is 0 Å². The average molecular weight is 418 g/mol. The second kappa shape index (κ2) is 7.53. The summed E-state index contributed by atoms with van der Waals surface area (Å²) in [6.07, 6.45) is -3.10. The highest BCUT2D eigenvalue weighted by molar-refractivity contribution is 7.99. The summed E-state index contributed by atoms with van der Waals surface area (Å²) in [5.74, 6) is 5.78.